The highest BCUT2D eigenvalue weighted by molar-refractivity contribution is 5.99. The third kappa shape index (κ3) is 0.786. The number of ketones is 1. The van der Waals surface area contributed by atoms with Gasteiger partial charge in [0.15, 0.2) is 5.78 Å². The molecular formula is C10H8N2O. The van der Waals surface area contributed by atoms with Gasteiger partial charge >= 0.3 is 0 Å². The topological polar surface area (TPSA) is 34.4 Å². The zero-order valence-corrected chi connectivity index (χ0v) is 7.03. The van der Waals surface area contributed by atoms with Crippen molar-refractivity contribution in [2.24, 2.45) is 0 Å². The molecule has 0 unspecified atom stereocenters. The molecule has 0 atom stereocenters. The molecule has 0 N–H and O–H groups in total. The van der Waals surface area contributed by atoms with Crippen LogP contribution in [0.1, 0.15) is 22.6 Å². The highest BCUT2D eigenvalue weighted by Crippen LogP contribution is 2.22. The van der Waals surface area contributed by atoms with Crippen LogP contribution < -0.4 is 0 Å². The van der Waals surface area contributed by atoms with Gasteiger partial charge in [-0.25, -0.2) is 4.98 Å². The number of aryl methyl sites for hydroxylation is 1. The van der Waals surface area contributed by atoms with Gasteiger partial charge in [0.1, 0.15) is 11.3 Å². The van der Waals surface area contributed by atoms with E-state index in [1.54, 1.807) is 0 Å². The number of hydrogen-bond donors (Lipinski definition) is 0. The van der Waals surface area contributed by atoms with Gasteiger partial charge < -0.3 is 4.40 Å². The highest BCUT2D eigenvalue weighted by atomic mass is 16.1. The summed E-state index contributed by atoms with van der Waals surface area (Å²) < 4.78 is 2.00. The molecule has 0 bridgehead atoms. The third-order valence-corrected chi connectivity index (χ3v) is 2.48. The Kier molecular flexibility index (Phi) is 1.15. The maximum atomic E-state index is 11.4. The first-order chi connectivity index (χ1) is 6.36. The van der Waals surface area contributed by atoms with E-state index in [2.05, 4.69) is 4.98 Å². The Morgan fingerprint density at radius 1 is 1.31 bits per heavy atom. The van der Waals surface area contributed by atoms with E-state index in [0.29, 0.717) is 12.1 Å². The number of Topliss-reactive ketones (excluding diaryl/α,β-unsaturated/α-hetero) is 1. The van der Waals surface area contributed by atoms with Crippen LogP contribution >= 0.6 is 0 Å². The summed E-state index contributed by atoms with van der Waals surface area (Å²) in [6.45, 7) is 0. The maximum absolute atomic E-state index is 11.4. The number of rotatable bonds is 0. The molecule has 2 heterocycles. The van der Waals surface area contributed by atoms with Crippen molar-refractivity contribution in [3.05, 3.63) is 35.8 Å². The van der Waals surface area contributed by atoms with Gasteiger partial charge in [-0.2, -0.15) is 0 Å². The Hall–Kier alpha value is -1.64. The highest BCUT2D eigenvalue weighted by Gasteiger charge is 2.24. The van der Waals surface area contributed by atoms with Gasteiger partial charge in [0.05, 0.1) is 5.69 Å². The van der Waals surface area contributed by atoms with E-state index >= 15 is 0 Å². The molecule has 0 fully saturated rings. The molecule has 3 nitrogen and oxygen atoms in total. The first-order valence-electron chi connectivity index (χ1n) is 4.35. The minimum absolute atomic E-state index is 0.179. The van der Waals surface area contributed by atoms with Gasteiger partial charge in [-0.15, -0.1) is 0 Å². The summed E-state index contributed by atoms with van der Waals surface area (Å²) in [6, 6.07) is 5.81. The molecule has 3 heteroatoms. The number of nitrogens with zero attached hydrogens (tertiary/aromatic N) is 2. The lowest BCUT2D eigenvalue weighted by molar-refractivity contribution is 0.0991. The monoisotopic (exact) mass is 172 g/mol. The van der Waals surface area contributed by atoms with Crippen LogP contribution in [-0.2, 0) is 6.42 Å². The number of carbonyl (C=O) groups is 1. The quantitative estimate of drug-likeness (QED) is 0.603. The molecule has 64 valence electrons. The summed E-state index contributed by atoms with van der Waals surface area (Å²) >= 11 is 0. The van der Waals surface area contributed by atoms with Crippen molar-refractivity contribution in [1.82, 2.24) is 9.38 Å². The zero-order valence-electron chi connectivity index (χ0n) is 7.03. The van der Waals surface area contributed by atoms with Crippen molar-refractivity contribution >= 4 is 11.4 Å². The van der Waals surface area contributed by atoms with Crippen molar-refractivity contribution in [1.29, 1.82) is 0 Å². The summed E-state index contributed by atoms with van der Waals surface area (Å²) in [6.07, 6.45) is 3.41. The first-order valence-corrected chi connectivity index (χ1v) is 4.35. The molecule has 0 amide bonds. The second-order valence-corrected chi connectivity index (χ2v) is 3.26. The molecule has 0 radical (unpaired) electrons. The van der Waals surface area contributed by atoms with Gasteiger partial charge in [0.2, 0.25) is 0 Å². The SMILES string of the molecule is O=C1CCc2c1nc1ccccn21. The van der Waals surface area contributed by atoms with E-state index in [1.807, 2.05) is 28.8 Å². The van der Waals surface area contributed by atoms with Crippen LogP contribution in [0.15, 0.2) is 24.4 Å². The molecule has 2 aromatic heterocycles. The van der Waals surface area contributed by atoms with Crippen LogP contribution in [0.25, 0.3) is 5.65 Å². The Balaban J connectivity index is 2.44. The molecule has 0 saturated heterocycles. The molecule has 2 aromatic rings. The molecule has 0 spiro atoms. The normalized spacial score (nSPS) is 15.2. The molecule has 0 saturated carbocycles. The zero-order chi connectivity index (χ0) is 8.84. The van der Waals surface area contributed by atoms with Crippen molar-refractivity contribution in [2.75, 3.05) is 0 Å². The van der Waals surface area contributed by atoms with Gasteiger partial charge in [0.25, 0.3) is 0 Å². The number of carbonyl (C=O) groups excluding carboxylic acids is 1. The Bertz CT molecular complexity index is 499. The van der Waals surface area contributed by atoms with Crippen LogP contribution in [0.4, 0.5) is 0 Å². The number of fused-ring (bicyclic) bond motifs is 3. The van der Waals surface area contributed by atoms with Crippen LogP contribution in [0.2, 0.25) is 0 Å². The second-order valence-electron chi connectivity index (χ2n) is 3.26. The smallest absolute Gasteiger partial charge is 0.183 e. The molecule has 0 aliphatic heterocycles. The van der Waals surface area contributed by atoms with E-state index in [0.717, 1.165) is 17.8 Å². The summed E-state index contributed by atoms with van der Waals surface area (Å²) in [7, 11) is 0. The fraction of sp³-hybridized carbons (Fsp3) is 0.200. The Morgan fingerprint density at radius 3 is 3.15 bits per heavy atom. The molecule has 0 aromatic carbocycles. The molecule has 3 rings (SSSR count). The molecule has 13 heavy (non-hydrogen) atoms. The average molecular weight is 172 g/mol. The maximum Gasteiger partial charge on any atom is 0.183 e. The number of imidazole rings is 1. The van der Waals surface area contributed by atoms with Gasteiger partial charge in [0, 0.05) is 12.6 Å². The first kappa shape index (κ1) is 6.83. The van der Waals surface area contributed by atoms with Crippen LogP contribution in [0, 0.1) is 0 Å². The van der Waals surface area contributed by atoms with Crippen molar-refractivity contribution in [2.45, 2.75) is 12.8 Å². The van der Waals surface area contributed by atoms with Gasteiger partial charge in [-0.05, 0) is 18.6 Å². The molecular weight excluding hydrogens is 164 g/mol. The molecule has 1 aliphatic rings. The van der Waals surface area contributed by atoms with Crippen LogP contribution in [-0.4, -0.2) is 15.2 Å². The Labute approximate surface area is 75.0 Å². The third-order valence-electron chi connectivity index (χ3n) is 2.48. The van der Waals surface area contributed by atoms with Crippen molar-refractivity contribution in [3.63, 3.8) is 0 Å². The fourth-order valence-electron chi connectivity index (χ4n) is 1.86. The summed E-state index contributed by atoms with van der Waals surface area (Å²) in [4.78, 5) is 15.6. The van der Waals surface area contributed by atoms with Gasteiger partial charge in [-0.1, -0.05) is 6.07 Å². The fourth-order valence-corrected chi connectivity index (χ4v) is 1.86. The van der Waals surface area contributed by atoms with Crippen LogP contribution in [0.5, 0.6) is 0 Å². The lowest BCUT2D eigenvalue weighted by Gasteiger charge is -1.94. The lowest BCUT2D eigenvalue weighted by atomic mass is 10.3. The largest absolute Gasteiger partial charge is 0.303 e. The second kappa shape index (κ2) is 2.19. The van der Waals surface area contributed by atoms with E-state index in [9.17, 15) is 4.79 Å². The summed E-state index contributed by atoms with van der Waals surface area (Å²) in [5, 5.41) is 0. The van der Waals surface area contributed by atoms with E-state index < -0.39 is 0 Å². The van der Waals surface area contributed by atoms with Crippen LogP contribution in [0.3, 0.4) is 0 Å². The minimum Gasteiger partial charge on any atom is -0.303 e. The van der Waals surface area contributed by atoms with Crippen molar-refractivity contribution < 1.29 is 4.79 Å². The lowest BCUT2D eigenvalue weighted by Crippen LogP contribution is -1.91. The summed E-state index contributed by atoms with van der Waals surface area (Å²) in [5.74, 6) is 0.179. The molecule has 1 aliphatic carbocycles. The number of pyridine rings is 1. The Morgan fingerprint density at radius 2 is 2.23 bits per heavy atom. The average Bonchev–Trinajstić information content (AvgIpc) is 2.67. The standard InChI is InChI=1S/C10H8N2O/c13-8-5-4-7-10(8)11-9-3-1-2-6-12(7)9/h1-3,6H,4-5H2. The van der Waals surface area contributed by atoms with E-state index in [-0.39, 0.29) is 5.78 Å². The predicted molar refractivity (Wildman–Crippen MR) is 47.8 cm³/mol. The van der Waals surface area contributed by atoms with E-state index in [4.69, 9.17) is 0 Å². The van der Waals surface area contributed by atoms with E-state index in [1.165, 1.54) is 0 Å². The number of aromatic nitrogens is 2. The summed E-state index contributed by atoms with van der Waals surface area (Å²) in [5.41, 5.74) is 2.62. The number of hydrogen-bond acceptors (Lipinski definition) is 2. The van der Waals surface area contributed by atoms with Gasteiger partial charge in [-0.3, -0.25) is 4.79 Å². The van der Waals surface area contributed by atoms with Crippen molar-refractivity contribution in [3.8, 4) is 0 Å². The minimum atomic E-state index is 0.179. The predicted octanol–water partition coefficient (Wildman–Crippen LogP) is 1.46.